The maximum atomic E-state index is 12.5. The lowest BCUT2D eigenvalue weighted by molar-refractivity contribution is -0.141. The number of likely N-dealkylation sites (tertiary alicyclic amines) is 1. The highest BCUT2D eigenvalue weighted by Gasteiger charge is 2.40. The van der Waals surface area contributed by atoms with Crippen molar-refractivity contribution in [2.75, 3.05) is 20.2 Å². The number of amides is 2. The molecular formula is C17H20Cl2N2O5. The van der Waals surface area contributed by atoms with Gasteiger partial charge in [-0.25, -0.2) is 4.79 Å². The van der Waals surface area contributed by atoms with Crippen LogP contribution in [0.4, 0.5) is 4.79 Å². The second kappa shape index (κ2) is 8.60. The first-order chi connectivity index (χ1) is 12.3. The van der Waals surface area contributed by atoms with Crippen LogP contribution in [-0.4, -0.2) is 48.8 Å². The van der Waals surface area contributed by atoms with Crippen molar-refractivity contribution in [1.82, 2.24) is 10.2 Å². The number of rotatable bonds is 4. The Hall–Kier alpha value is -1.99. The first kappa shape index (κ1) is 20.3. The van der Waals surface area contributed by atoms with E-state index in [0.717, 1.165) is 0 Å². The van der Waals surface area contributed by atoms with Crippen LogP contribution in [0.5, 0.6) is 0 Å². The van der Waals surface area contributed by atoms with Gasteiger partial charge in [0.15, 0.2) is 5.72 Å². The van der Waals surface area contributed by atoms with E-state index in [4.69, 9.17) is 27.9 Å². The zero-order valence-electron chi connectivity index (χ0n) is 14.5. The van der Waals surface area contributed by atoms with Gasteiger partial charge in [0, 0.05) is 42.9 Å². The molecule has 142 valence electrons. The molecule has 2 rings (SSSR count). The Kier molecular flexibility index (Phi) is 6.72. The molecule has 7 nitrogen and oxygen atoms in total. The third-order valence-electron chi connectivity index (χ3n) is 4.23. The third-order valence-corrected chi connectivity index (χ3v) is 4.94. The van der Waals surface area contributed by atoms with Gasteiger partial charge in [-0.2, -0.15) is 0 Å². The van der Waals surface area contributed by atoms with Gasteiger partial charge >= 0.3 is 6.16 Å². The van der Waals surface area contributed by atoms with Gasteiger partial charge < -0.3 is 19.7 Å². The Morgan fingerprint density at radius 1 is 1.19 bits per heavy atom. The molecule has 0 saturated carbocycles. The van der Waals surface area contributed by atoms with Crippen LogP contribution in [0.15, 0.2) is 18.2 Å². The Bertz CT molecular complexity index is 682. The average Bonchev–Trinajstić information content (AvgIpc) is 2.58. The number of halogens is 2. The van der Waals surface area contributed by atoms with Crippen LogP contribution in [0.2, 0.25) is 10.0 Å². The van der Waals surface area contributed by atoms with Gasteiger partial charge in [0.2, 0.25) is 11.8 Å². The molecule has 0 spiro atoms. The Balaban J connectivity index is 2.12. The van der Waals surface area contributed by atoms with E-state index >= 15 is 0 Å². The summed E-state index contributed by atoms with van der Waals surface area (Å²) < 4.78 is 9.88. The SMILES string of the molecule is COC(=O)OC1(NC(=O)Cc2c(Cl)cccc2Cl)CCN(C(C)=O)CC1. The van der Waals surface area contributed by atoms with E-state index in [9.17, 15) is 14.4 Å². The second-order valence-electron chi connectivity index (χ2n) is 5.98. The fourth-order valence-electron chi connectivity index (χ4n) is 2.80. The van der Waals surface area contributed by atoms with Crippen molar-refractivity contribution < 1.29 is 23.9 Å². The van der Waals surface area contributed by atoms with Gasteiger partial charge in [0.1, 0.15) is 0 Å². The molecule has 1 aromatic rings. The number of hydrogen-bond donors (Lipinski definition) is 1. The quantitative estimate of drug-likeness (QED) is 0.618. The normalized spacial score (nSPS) is 15.9. The average molecular weight is 403 g/mol. The number of carbonyl (C=O) groups is 3. The largest absolute Gasteiger partial charge is 0.510 e. The van der Waals surface area contributed by atoms with E-state index in [0.29, 0.717) is 28.7 Å². The van der Waals surface area contributed by atoms with Gasteiger partial charge in [-0.15, -0.1) is 0 Å². The van der Waals surface area contributed by atoms with Crippen LogP contribution < -0.4 is 5.32 Å². The Labute approximate surface area is 161 Å². The molecule has 1 aromatic carbocycles. The topological polar surface area (TPSA) is 84.9 Å². The summed E-state index contributed by atoms with van der Waals surface area (Å²) in [7, 11) is 1.19. The van der Waals surface area contributed by atoms with Crippen molar-refractivity contribution >= 4 is 41.2 Å². The maximum Gasteiger partial charge on any atom is 0.510 e. The zero-order chi connectivity index (χ0) is 19.3. The Morgan fingerprint density at radius 2 is 1.77 bits per heavy atom. The van der Waals surface area contributed by atoms with Gasteiger partial charge in [0.05, 0.1) is 13.5 Å². The summed E-state index contributed by atoms with van der Waals surface area (Å²) in [6.07, 6.45) is -0.466. The molecule has 9 heteroatoms. The summed E-state index contributed by atoms with van der Waals surface area (Å²) in [6, 6.07) is 4.97. The summed E-state index contributed by atoms with van der Waals surface area (Å²) in [5, 5.41) is 3.50. The minimum Gasteiger partial charge on any atom is -0.438 e. The van der Waals surface area contributed by atoms with Gasteiger partial charge in [-0.1, -0.05) is 29.3 Å². The number of nitrogens with one attached hydrogen (secondary N) is 1. The molecule has 0 radical (unpaired) electrons. The van der Waals surface area contributed by atoms with Crippen molar-refractivity contribution in [3.8, 4) is 0 Å². The van der Waals surface area contributed by atoms with Crippen LogP contribution in [0.25, 0.3) is 0 Å². The summed E-state index contributed by atoms with van der Waals surface area (Å²) in [4.78, 5) is 37.3. The minimum absolute atomic E-state index is 0.0682. The molecule has 1 heterocycles. The van der Waals surface area contributed by atoms with E-state index in [1.54, 1.807) is 23.1 Å². The lowest BCUT2D eigenvalue weighted by Gasteiger charge is -2.40. The van der Waals surface area contributed by atoms with Crippen LogP contribution in [0, 0.1) is 0 Å². The summed E-state index contributed by atoms with van der Waals surface area (Å²) in [5.41, 5.74) is -0.758. The maximum absolute atomic E-state index is 12.5. The smallest absolute Gasteiger partial charge is 0.438 e. The van der Waals surface area contributed by atoms with Crippen LogP contribution in [0.3, 0.4) is 0 Å². The molecule has 0 atom stereocenters. The number of benzene rings is 1. The van der Waals surface area contributed by atoms with Crippen LogP contribution >= 0.6 is 23.2 Å². The molecule has 1 fully saturated rings. The predicted octanol–water partition coefficient (Wildman–Crippen LogP) is 2.77. The fourth-order valence-corrected chi connectivity index (χ4v) is 3.33. The number of carbonyl (C=O) groups excluding carboxylic acids is 3. The molecule has 0 aliphatic carbocycles. The van der Waals surface area contributed by atoms with Crippen molar-refractivity contribution in [3.05, 3.63) is 33.8 Å². The van der Waals surface area contributed by atoms with Crippen molar-refractivity contribution in [2.24, 2.45) is 0 Å². The van der Waals surface area contributed by atoms with Crippen LogP contribution in [-0.2, 0) is 25.5 Å². The molecule has 1 N–H and O–H groups in total. The van der Waals surface area contributed by atoms with E-state index in [1.807, 2.05) is 0 Å². The van der Waals surface area contributed by atoms with Crippen molar-refractivity contribution in [1.29, 1.82) is 0 Å². The van der Waals surface area contributed by atoms with E-state index < -0.39 is 17.8 Å². The van der Waals surface area contributed by atoms with Gasteiger partial charge in [-0.05, 0) is 17.7 Å². The molecule has 1 aliphatic rings. The number of piperidine rings is 1. The summed E-state index contributed by atoms with van der Waals surface area (Å²) in [5.74, 6) is -0.481. The Morgan fingerprint density at radius 3 is 2.27 bits per heavy atom. The molecule has 26 heavy (non-hydrogen) atoms. The zero-order valence-corrected chi connectivity index (χ0v) is 16.0. The standard InChI is InChI=1S/C17H20Cl2N2O5/c1-11(22)21-8-6-17(7-9-21,26-16(24)25-2)20-15(23)10-12-13(18)4-3-5-14(12)19/h3-5H,6-10H2,1-2H3,(H,20,23). The molecule has 1 saturated heterocycles. The van der Waals surface area contributed by atoms with Gasteiger partial charge in [-0.3, -0.25) is 9.59 Å². The van der Waals surface area contributed by atoms with E-state index in [-0.39, 0.29) is 25.2 Å². The van der Waals surface area contributed by atoms with E-state index in [2.05, 4.69) is 10.1 Å². The van der Waals surface area contributed by atoms with Crippen molar-refractivity contribution in [2.45, 2.75) is 31.9 Å². The first-order valence-electron chi connectivity index (χ1n) is 8.03. The van der Waals surface area contributed by atoms with E-state index in [1.165, 1.54) is 14.0 Å². The predicted molar refractivity (Wildman–Crippen MR) is 96.0 cm³/mol. The monoisotopic (exact) mass is 402 g/mol. The number of nitrogens with zero attached hydrogens (tertiary/aromatic N) is 1. The fraction of sp³-hybridized carbons (Fsp3) is 0.471. The first-order valence-corrected chi connectivity index (χ1v) is 8.78. The summed E-state index contributed by atoms with van der Waals surface area (Å²) in [6.45, 7) is 2.16. The minimum atomic E-state index is -1.25. The molecule has 0 bridgehead atoms. The molecule has 1 aliphatic heterocycles. The lowest BCUT2D eigenvalue weighted by atomic mass is 9.99. The summed E-state index contributed by atoms with van der Waals surface area (Å²) >= 11 is 12.2. The number of ether oxygens (including phenoxy) is 2. The second-order valence-corrected chi connectivity index (χ2v) is 6.80. The number of methoxy groups -OCH3 is 1. The molecule has 0 aromatic heterocycles. The highest BCUT2D eigenvalue weighted by Crippen LogP contribution is 2.27. The molecular weight excluding hydrogens is 383 g/mol. The third kappa shape index (κ3) is 5.02. The molecule has 2 amide bonds. The number of hydrogen-bond acceptors (Lipinski definition) is 5. The van der Waals surface area contributed by atoms with Gasteiger partial charge in [0.25, 0.3) is 0 Å². The molecule has 0 unspecified atom stereocenters. The van der Waals surface area contributed by atoms with Crippen LogP contribution in [0.1, 0.15) is 25.3 Å². The van der Waals surface area contributed by atoms with Crippen molar-refractivity contribution in [3.63, 3.8) is 0 Å². The highest BCUT2D eigenvalue weighted by atomic mass is 35.5. The lowest BCUT2D eigenvalue weighted by Crippen LogP contribution is -2.58. The highest BCUT2D eigenvalue weighted by molar-refractivity contribution is 6.36.